The van der Waals surface area contributed by atoms with Crippen LogP contribution in [0.1, 0.15) is 35.4 Å². The number of carbonyl (C=O) groups is 1. The van der Waals surface area contributed by atoms with Gasteiger partial charge in [-0.25, -0.2) is 0 Å². The number of nitrogens with one attached hydrogen (secondary N) is 2. The molecule has 1 atom stereocenters. The molecule has 3 rings (SSSR count). The lowest BCUT2D eigenvalue weighted by atomic mass is 9.79. The number of fused-ring (bicyclic) bond motifs is 1. The molecule has 6 nitrogen and oxygen atoms in total. The first-order valence-corrected chi connectivity index (χ1v) is 7.72. The molecule has 1 fully saturated rings. The van der Waals surface area contributed by atoms with Crippen LogP contribution in [-0.4, -0.2) is 39.5 Å². The van der Waals surface area contributed by atoms with Crippen LogP contribution < -0.4 is 10.6 Å². The van der Waals surface area contributed by atoms with Gasteiger partial charge in [0.25, 0.3) is 5.91 Å². The van der Waals surface area contributed by atoms with Crippen LogP contribution in [0.15, 0.2) is 12.3 Å². The highest BCUT2D eigenvalue weighted by atomic mass is 19.4. The number of nitrogens with zero attached hydrogens (tertiary/aromatic N) is 3. The minimum Gasteiger partial charge on any atom is -0.357 e. The Hall–Kier alpha value is -2.32. The van der Waals surface area contributed by atoms with Gasteiger partial charge in [0, 0.05) is 13.2 Å². The summed E-state index contributed by atoms with van der Waals surface area (Å²) in [4.78, 5) is 20.8. The van der Waals surface area contributed by atoms with Crippen molar-refractivity contribution < 1.29 is 18.0 Å². The molecule has 0 radical (unpaired) electrons. The Morgan fingerprint density at radius 1 is 1.38 bits per heavy atom. The lowest BCUT2D eigenvalue weighted by molar-refractivity contribution is -0.171. The Bertz CT molecular complexity index is 766. The number of halogens is 3. The van der Waals surface area contributed by atoms with E-state index in [1.807, 2.05) is 0 Å². The van der Waals surface area contributed by atoms with E-state index >= 15 is 0 Å². The number of alkyl halides is 3. The highest BCUT2D eigenvalue weighted by Crippen LogP contribution is 2.37. The number of rotatable bonds is 4. The minimum atomic E-state index is -4.46. The van der Waals surface area contributed by atoms with Crippen LogP contribution in [0.2, 0.25) is 0 Å². The van der Waals surface area contributed by atoms with Gasteiger partial charge in [-0.2, -0.15) is 23.1 Å². The largest absolute Gasteiger partial charge is 0.408 e. The Balaban J connectivity index is 1.92. The highest BCUT2D eigenvalue weighted by molar-refractivity contribution is 6.00. The SMILES string of the molecule is CNc1nc(C)n2ccc(C(=O)NC(C3CCC3)C(F)(F)F)c2n1. The molecule has 1 amide bonds. The second-order valence-corrected chi connectivity index (χ2v) is 5.95. The number of carbonyl (C=O) groups excluding carboxylic acids is 1. The molecule has 1 aliphatic carbocycles. The number of hydrogen-bond donors (Lipinski definition) is 2. The molecular formula is C15H18F3N5O. The van der Waals surface area contributed by atoms with Gasteiger partial charge in [-0.3, -0.25) is 9.20 Å². The van der Waals surface area contributed by atoms with E-state index in [9.17, 15) is 18.0 Å². The summed E-state index contributed by atoms with van der Waals surface area (Å²) in [5.41, 5.74) is 0.379. The molecule has 2 aromatic rings. The fourth-order valence-corrected chi connectivity index (χ4v) is 2.88. The molecule has 9 heteroatoms. The number of amides is 1. The normalized spacial score (nSPS) is 16.7. The van der Waals surface area contributed by atoms with Gasteiger partial charge in [0.1, 0.15) is 11.9 Å². The van der Waals surface area contributed by atoms with Crippen molar-refractivity contribution in [3.05, 3.63) is 23.7 Å². The van der Waals surface area contributed by atoms with Crippen molar-refractivity contribution in [1.82, 2.24) is 19.7 Å². The van der Waals surface area contributed by atoms with Gasteiger partial charge in [-0.05, 0) is 31.7 Å². The van der Waals surface area contributed by atoms with Crippen LogP contribution in [-0.2, 0) is 0 Å². The molecule has 2 heterocycles. The average molecular weight is 341 g/mol. The molecule has 1 unspecified atom stereocenters. The van der Waals surface area contributed by atoms with Crippen molar-refractivity contribution in [3.63, 3.8) is 0 Å². The van der Waals surface area contributed by atoms with Crippen molar-refractivity contribution in [2.75, 3.05) is 12.4 Å². The first-order chi connectivity index (χ1) is 11.3. The Labute approximate surface area is 136 Å². The van der Waals surface area contributed by atoms with Crippen molar-refractivity contribution >= 4 is 17.5 Å². The van der Waals surface area contributed by atoms with E-state index in [4.69, 9.17) is 0 Å². The van der Waals surface area contributed by atoms with Gasteiger partial charge in [-0.1, -0.05) is 6.42 Å². The second kappa shape index (κ2) is 5.95. The molecule has 24 heavy (non-hydrogen) atoms. The van der Waals surface area contributed by atoms with Gasteiger partial charge < -0.3 is 10.6 Å². The first-order valence-electron chi connectivity index (χ1n) is 7.72. The number of aryl methyl sites for hydroxylation is 1. The summed E-state index contributed by atoms with van der Waals surface area (Å²) in [6.45, 7) is 1.73. The second-order valence-electron chi connectivity index (χ2n) is 5.95. The van der Waals surface area contributed by atoms with E-state index in [1.165, 1.54) is 6.07 Å². The Kier molecular flexibility index (Phi) is 4.10. The van der Waals surface area contributed by atoms with E-state index in [2.05, 4.69) is 20.6 Å². The van der Waals surface area contributed by atoms with Crippen molar-refractivity contribution in [2.24, 2.45) is 5.92 Å². The molecule has 0 spiro atoms. The standard InChI is InChI=1S/C15H18F3N5O/c1-8-20-14(19-2)22-12-10(6-7-23(8)12)13(24)21-11(15(16,17)18)9-4-3-5-9/h6-7,9,11H,3-5H2,1-2H3,(H,19,22)(H,21,24). The quantitative estimate of drug-likeness (QED) is 0.896. The Morgan fingerprint density at radius 2 is 2.08 bits per heavy atom. The maximum Gasteiger partial charge on any atom is 0.408 e. The predicted octanol–water partition coefficient (Wildman–Crippen LogP) is 2.54. The van der Waals surface area contributed by atoms with Gasteiger partial charge in [0.15, 0.2) is 5.65 Å². The van der Waals surface area contributed by atoms with Crippen LogP contribution in [0.5, 0.6) is 0 Å². The van der Waals surface area contributed by atoms with E-state index in [1.54, 1.807) is 24.6 Å². The zero-order chi connectivity index (χ0) is 17.5. The maximum absolute atomic E-state index is 13.2. The van der Waals surface area contributed by atoms with E-state index in [0.29, 0.717) is 24.6 Å². The van der Waals surface area contributed by atoms with Crippen molar-refractivity contribution in [2.45, 2.75) is 38.4 Å². The summed E-state index contributed by atoms with van der Waals surface area (Å²) < 4.78 is 41.3. The molecule has 0 aliphatic heterocycles. The maximum atomic E-state index is 13.2. The molecule has 0 aromatic carbocycles. The summed E-state index contributed by atoms with van der Waals surface area (Å²) in [6.07, 6.45) is -1.17. The summed E-state index contributed by atoms with van der Waals surface area (Å²) in [6, 6.07) is -0.361. The fraction of sp³-hybridized carbons (Fsp3) is 0.533. The predicted molar refractivity (Wildman–Crippen MR) is 81.9 cm³/mol. The number of anilines is 1. The third kappa shape index (κ3) is 2.90. The van der Waals surface area contributed by atoms with Gasteiger partial charge in [0.2, 0.25) is 5.95 Å². The highest BCUT2D eigenvalue weighted by Gasteiger charge is 2.47. The van der Waals surface area contributed by atoms with Crippen LogP contribution in [0.3, 0.4) is 0 Å². The zero-order valence-electron chi connectivity index (χ0n) is 13.3. The Morgan fingerprint density at radius 3 is 2.62 bits per heavy atom. The van der Waals surface area contributed by atoms with E-state index < -0.39 is 24.0 Å². The van der Waals surface area contributed by atoms with Crippen molar-refractivity contribution in [3.8, 4) is 0 Å². The molecule has 1 aliphatic rings. The van der Waals surface area contributed by atoms with Gasteiger partial charge in [0.05, 0.1) is 5.56 Å². The zero-order valence-corrected chi connectivity index (χ0v) is 13.3. The third-order valence-electron chi connectivity index (χ3n) is 4.42. The summed E-state index contributed by atoms with van der Waals surface area (Å²) in [7, 11) is 1.63. The van der Waals surface area contributed by atoms with E-state index in [0.717, 1.165) is 6.42 Å². The average Bonchev–Trinajstić information content (AvgIpc) is 2.87. The lowest BCUT2D eigenvalue weighted by Gasteiger charge is -2.35. The third-order valence-corrected chi connectivity index (χ3v) is 4.42. The molecule has 1 saturated carbocycles. The van der Waals surface area contributed by atoms with Crippen LogP contribution >= 0.6 is 0 Å². The lowest BCUT2D eigenvalue weighted by Crippen LogP contribution is -2.52. The molecule has 130 valence electrons. The van der Waals surface area contributed by atoms with Gasteiger partial charge >= 0.3 is 6.18 Å². The molecule has 0 saturated heterocycles. The van der Waals surface area contributed by atoms with Crippen LogP contribution in [0.25, 0.3) is 5.65 Å². The van der Waals surface area contributed by atoms with Gasteiger partial charge in [-0.15, -0.1) is 0 Å². The number of aromatic nitrogens is 3. The van der Waals surface area contributed by atoms with Crippen molar-refractivity contribution in [1.29, 1.82) is 0 Å². The topological polar surface area (TPSA) is 71.3 Å². The monoisotopic (exact) mass is 341 g/mol. The van der Waals surface area contributed by atoms with Crippen LogP contribution in [0.4, 0.5) is 19.1 Å². The first kappa shape index (κ1) is 16.5. The molecular weight excluding hydrogens is 323 g/mol. The fourth-order valence-electron chi connectivity index (χ4n) is 2.88. The molecule has 2 aromatic heterocycles. The summed E-state index contributed by atoms with van der Waals surface area (Å²) in [5, 5.41) is 4.92. The van der Waals surface area contributed by atoms with Crippen LogP contribution in [0, 0.1) is 12.8 Å². The molecule has 2 N–H and O–H groups in total. The summed E-state index contributed by atoms with van der Waals surface area (Å²) >= 11 is 0. The number of hydrogen-bond acceptors (Lipinski definition) is 4. The smallest absolute Gasteiger partial charge is 0.357 e. The van der Waals surface area contributed by atoms with E-state index in [-0.39, 0.29) is 11.2 Å². The summed E-state index contributed by atoms with van der Waals surface area (Å²) in [5.74, 6) is -0.437. The minimum absolute atomic E-state index is 0.102. The molecule has 0 bridgehead atoms.